The molecule has 1 aliphatic heterocycles. The third-order valence-corrected chi connectivity index (χ3v) is 7.83. The summed E-state index contributed by atoms with van der Waals surface area (Å²) < 4.78 is 11.3. The zero-order chi connectivity index (χ0) is 31.9. The molecule has 0 radical (unpaired) electrons. The number of rotatable bonds is 18. The number of carbonyl (C=O) groups is 3. The van der Waals surface area contributed by atoms with Gasteiger partial charge >= 0.3 is 5.97 Å². The summed E-state index contributed by atoms with van der Waals surface area (Å²) in [5.74, 6) is -0.515. The third kappa shape index (κ3) is 10.3. The number of hydrogen-bond acceptors (Lipinski definition) is 6. The molecule has 0 bridgehead atoms. The Kier molecular flexibility index (Phi) is 13.1. The van der Waals surface area contributed by atoms with Crippen LogP contribution in [-0.4, -0.2) is 30.0 Å². The number of nitrogens with zero attached hydrogens (tertiary/aromatic N) is 2. The molecule has 0 spiro atoms. The van der Waals surface area contributed by atoms with Gasteiger partial charge in [-0.3, -0.25) is 9.59 Å². The van der Waals surface area contributed by atoms with E-state index in [1.165, 1.54) is 68.9 Å². The van der Waals surface area contributed by atoms with E-state index in [4.69, 9.17) is 9.47 Å². The summed E-state index contributed by atoms with van der Waals surface area (Å²) in [6.45, 7) is 4.68. The number of carbonyl (C=O) groups excluding carboxylic acids is 3. The molecule has 0 N–H and O–H groups in total. The number of para-hydroxylation sites is 1. The van der Waals surface area contributed by atoms with Gasteiger partial charge in [-0.25, -0.2) is 4.79 Å². The minimum absolute atomic E-state index is 0.210. The minimum atomic E-state index is -0.606. The topological polar surface area (TPSA) is 85.3 Å². The molecule has 1 aliphatic rings. The van der Waals surface area contributed by atoms with Crippen molar-refractivity contribution in [1.82, 2.24) is 0 Å². The summed E-state index contributed by atoms with van der Waals surface area (Å²) >= 11 is 0. The van der Waals surface area contributed by atoms with Crippen molar-refractivity contribution >= 4 is 29.1 Å². The lowest BCUT2D eigenvalue weighted by Gasteiger charge is -2.12. The number of esters is 1. The van der Waals surface area contributed by atoms with E-state index in [0.717, 1.165) is 12.2 Å². The fraction of sp³-hybridized carbons (Fsp3) is 0.368. The molecular formula is C38H44N2O5. The molecule has 1 unspecified atom stereocenters. The SMILES string of the molecule is CCCCCCCCCCCCOc1ccc(C(=O)Oc2ccc(C(=O)/C=C/C3C(=O)N(c4ccccc4)N=C3C)cc2)cc1. The van der Waals surface area contributed by atoms with E-state index in [1.807, 2.05) is 30.3 Å². The molecule has 4 rings (SSSR count). The molecule has 0 saturated carbocycles. The number of unbranched alkanes of at least 4 members (excludes halogenated alkanes) is 9. The summed E-state index contributed by atoms with van der Waals surface area (Å²) in [4.78, 5) is 38.3. The first-order chi connectivity index (χ1) is 22.0. The predicted molar refractivity (Wildman–Crippen MR) is 179 cm³/mol. The van der Waals surface area contributed by atoms with Gasteiger partial charge in [-0.05, 0) is 80.1 Å². The summed E-state index contributed by atoms with van der Waals surface area (Å²) in [7, 11) is 0. The molecule has 236 valence electrons. The van der Waals surface area contributed by atoms with Crippen LogP contribution in [0.25, 0.3) is 0 Å². The zero-order valence-electron chi connectivity index (χ0n) is 26.5. The number of ketones is 1. The molecule has 45 heavy (non-hydrogen) atoms. The van der Waals surface area contributed by atoms with E-state index in [9.17, 15) is 14.4 Å². The maximum atomic E-state index is 12.9. The first-order valence-corrected chi connectivity index (χ1v) is 16.2. The zero-order valence-corrected chi connectivity index (χ0v) is 26.5. The van der Waals surface area contributed by atoms with E-state index >= 15 is 0 Å². The highest BCUT2D eigenvalue weighted by atomic mass is 16.5. The number of hydrogen-bond donors (Lipinski definition) is 0. The lowest BCUT2D eigenvalue weighted by Crippen LogP contribution is -2.25. The van der Waals surface area contributed by atoms with Crippen molar-refractivity contribution in [3.8, 4) is 11.5 Å². The standard InChI is InChI=1S/C38H44N2O5/c1-3-4-5-6-7-8-9-10-11-15-28-44-33-22-20-31(21-23-33)38(43)45-34-24-18-30(19-25-34)36(41)27-26-35-29(2)39-40(37(35)42)32-16-13-12-14-17-32/h12-14,16-27,35H,3-11,15,28H2,1-2H3/b27-26+. The average Bonchev–Trinajstić information content (AvgIpc) is 3.35. The fourth-order valence-corrected chi connectivity index (χ4v) is 5.16. The van der Waals surface area contributed by atoms with E-state index in [2.05, 4.69) is 12.0 Å². The van der Waals surface area contributed by atoms with Gasteiger partial charge in [0.2, 0.25) is 0 Å². The van der Waals surface area contributed by atoms with Crippen LogP contribution in [0.1, 0.15) is 98.8 Å². The highest BCUT2D eigenvalue weighted by Crippen LogP contribution is 2.25. The highest BCUT2D eigenvalue weighted by molar-refractivity contribution is 6.17. The smallest absolute Gasteiger partial charge is 0.343 e. The average molecular weight is 609 g/mol. The molecule has 0 aliphatic carbocycles. The van der Waals surface area contributed by atoms with Crippen molar-refractivity contribution in [2.75, 3.05) is 11.6 Å². The first-order valence-electron chi connectivity index (χ1n) is 16.2. The second kappa shape index (κ2) is 17.7. The highest BCUT2D eigenvalue weighted by Gasteiger charge is 2.32. The number of allylic oxidation sites excluding steroid dienone is 1. The fourth-order valence-electron chi connectivity index (χ4n) is 5.16. The molecule has 3 aromatic carbocycles. The van der Waals surface area contributed by atoms with Crippen LogP contribution in [0.4, 0.5) is 5.69 Å². The second-order valence-corrected chi connectivity index (χ2v) is 11.4. The normalized spacial score (nSPS) is 14.5. The van der Waals surface area contributed by atoms with Gasteiger partial charge in [-0.2, -0.15) is 10.1 Å². The molecular weight excluding hydrogens is 564 g/mol. The Bertz CT molecular complexity index is 1450. The predicted octanol–water partition coefficient (Wildman–Crippen LogP) is 8.98. The second-order valence-electron chi connectivity index (χ2n) is 11.4. The van der Waals surface area contributed by atoms with Gasteiger partial charge < -0.3 is 9.47 Å². The van der Waals surface area contributed by atoms with E-state index in [1.54, 1.807) is 61.5 Å². The molecule has 0 aromatic heterocycles. The van der Waals surface area contributed by atoms with Crippen LogP contribution in [0.3, 0.4) is 0 Å². The van der Waals surface area contributed by atoms with Gasteiger partial charge in [0.05, 0.1) is 29.5 Å². The largest absolute Gasteiger partial charge is 0.494 e. The number of ether oxygens (including phenoxy) is 2. The maximum absolute atomic E-state index is 12.9. The van der Waals surface area contributed by atoms with Gasteiger partial charge in [-0.1, -0.05) is 89.0 Å². The Morgan fingerprint density at radius 3 is 1.98 bits per heavy atom. The number of benzene rings is 3. The molecule has 0 saturated heterocycles. The number of hydrazone groups is 1. The number of amides is 1. The summed E-state index contributed by atoms with van der Waals surface area (Å²) in [5.41, 5.74) is 2.11. The van der Waals surface area contributed by atoms with Crippen molar-refractivity contribution in [1.29, 1.82) is 0 Å². The van der Waals surface area contributed by atoms with E-state index in [-0.39, 0.29) is 11.7 Å². The van der Waals surface area contributed by atoms with E-state index in [0.29, 0.717) is 34.9 Å². The number of anilines is 1. The maximum Gasteiger partial charge on any atom is 0.343 e. The van der Waals surface area contributed by atoms with Crippen LogP contribution in [0.2, 0.25) is 0 Å². The Morgan fingerprint density at radius 1 is 0.756 bits per heavy atom. The minimum Gasteiger partial charge on any atom is -0.494 e. The van der Waals surface area contributed by atoms with Gasteiger partial charge in [0, 0.05) is 5.56 Å². The Hall–Kier alpha value is -4.52. The Balaban J connectivity index is 1.17. The van der Waals surface area contributed by atoms with Crippen LogP contribution in [0, 0.1) is 5.92 Å². The van der Waals surface area contributed by atoms with Crippen LogP contribution in [-0.2, 0) is 4.79 Å². The van der Waals surface area contributed by atoms with Crippen LogP contribution in [0.5, 0.6) is 11.5 Å². The van der Waals surface area contributed by atoms with Crippen LogP contribution >= 0.6 is 0 Å². The molecule has 7 nitrogen and oxygen atoms in total. The quantitative estimate of drug-likeness (QED) is 0.0473. The molecule has 0 fully saturated rings. The van der Waals surface area contributed by atoms with Gasteiger partial charge in [0.1, 0.15) is 11.5 Å². The molecule has 7 heteroatoms. The lowest BCUT2D eigenvalue weighted by molar-refractivity contribution is -0.118. The van der Waals surface area contributed by atoms with Gasteiger partial charge in [0.25, 0.3) is 5.91 Å². The molecule has 1 atom stereocenters. The van der Waals surface area contributed by atoms with E-state index < -0.39 is 11.9 Å². The van der Waals surface area contributed by atoms with Crippen molar-refractivity contribution in [3.63, 3.8) is 0 Å². The summed E-state index contributed by atoms with van der Waals surface area (Å²) in [6.07, 6.45) is 15.8. The first kappa shape index (κ1) is 33.4. The van der Waals surface area contributed by atoms with Gasteiger partial charge in [-0.15, -0.1) is 0 Å². The summed E-state index contributed by atoms with van der Waals surface area (Å²) in [6, 6.07) is 22.4. The van der Waals surface area contributed by atoms with Gasteiger partial charge in [0.15, 0.2) is 5.78 Å². The van der Waals surface area contributed by atoms with Crippen molar-refractivity contribution in [2.24, 2.45) is 11.0 Å². The van der Waals surface area contributed by atoms with Crippen molar-refractivity contribution < 1.29 is 23.9 Å². The van der Waals surface area contributed by atoms with Crippen molar-refractivity contribution in [2.45, 2.75) is 78.1 Å². The molecule has 1 amide bonds. The summed E-state index contributed by atoms with van der Waals surface area (Å²) in [5, 5.41) is 5.72. The van der Waals surface area contributed by atoms with Crippen molar-refractivity contribution in [3.05, 3.63) is 102 Å². The molecule has 1 heterocycles. The lowest BCUT2D eigenvalue weighted by atomic mass is 10.0. The third-order valence-electron chi connectivity index (χ3n) is 7.83. The Morgan fingerprint density at radius 2 is 1.33 bits per heavy atom. The molecule has 3 aromatic rings. The van der Waals surface area contributed by atoms with Crippen LogP contribution < -0.4 is 14.5 Å². The Labute approximate surface area is 266 Å². The van der Waals surface area contributed by atoms with Crippen LogP contribution in [0.15, 0.2) is 96.1 Å². The monoisotopic (exact) mass is 608 g/mol.